The van der Waals surface area contributed by atoms with Crippen LogP contribution in [0.4, 0.5) is 5.69 Å². The Labute approximate surface area is 88.1 Å². The number of likely N-dealkylation sites (N-methyl/N-ethyl adjacent to an activating group) is 1. The molecule has 0 aromatic heterocycles. The molecule has 1 heterocycles. The number of carbonyl (C=O) groups excluding carboxylic acids is 2. The van der Waals surface area contributed by atoms with Crippen LogP contribution in [0.1, 0.15) is 6.92 Å². The van der Waals surface area contributed by atoms with Crippen LogP contribution in [0.15, 0.2) is 30.3 Å². The van der Waals surface area contributed by atoms with Crippen LogP contribution in [0.5, 0.6) is 0 Å². The number of hydrogen-bond donors (Lipinski definition) is 0. The van der Waals surface area contributed by atoms with Crippen LogP contribution in [0.25, 0.3) is 0 Å². The fraction of sp³-hybridized carbons (Fsp3) is 0.273. The SMILES string of the molecule is CC1C(=O)C(=O)N(c2ccccc2)N1C. The Hall–Kier alpha value is -1.68. The monoisotopic (exact) mass is 204 g/mol. The molecule has 1 aromatic carbocycles. The van der Waals surface area contributed by atoms with Gasteiger partial charge in [0.25, 0.3) is 0 Å². The van der Waals surface area contributed by atoms with E-state index in [1.807, 2.05) is 18.2 Å². The molecule has 1 fully saturated rings. The minimum Gasteiger partial charge on any atom is -0.287 e. The smallest absolute Gasteiger partial charge is 0.287 e. The number of Topliss-reactive ketones (excluding diaryl/α,β-unsaturated/α-hetero) is 1. The second kappa shape index (κ2) is 3.47. The summed E-state index contributed by atoms with van der Waals surface area (Å²) < 4.78 is 0. The lowest BCUT2D eigenvalue weighted by Gasteiger charge is -2.25. The summed E-state index contributed by atoms with van der Waals surface area (Å²) in [5.74, 6) is -0.822. The highest BCUT2D eigenvalue weighted by molar-refractivity contribution is 6.44. The van der Waals surface area contributed by atoms with Gasteiger partial charge in [0.15, 0.2) is 0 Å². The molecule has 1 amide bonds. The zero-order chi connectivity index (χ0) is 11.0. The first-order chi connectivity index (χ1) is 7.13. The van der Waals surface area contributed by atoms with E-state index in [1.165, 1.54) is 5.01 Å². The van der Waals surface area contributed by atoms with Crippen molar-refractivity contribution in [2.45, 2.75) is 13.0 Å². The highest BCUT2D eigenvalue weighted by Crippen LogP contribution is 2.22. The number of carbonyl (C=O) groups is 2. The predicted molar refractivity (Wildman–Crippen MR) is 56.2 cm³/mol. The standard InChI is InChI=1S/C11H12N2O2/c1-8-10(14)11(15)13(12(8)2)9-6-4-3-5-7-9/h3-8H,1-2H3. The van der Waals surface area contributed by atoms with Gasteiger partial charge in [-0.25, -0.2) is 10.0 Å². The number of para-hydroxylation sites is 1. The summed E-state index contributed by atoms with van der Waals surface area (Å²) in [5, 5.41) is 3.06. The molecule has 4 heteroatoms. The molecule has 0 spiro atoms. The molecule has 1 aliphatic rings. The van der Waals surface area contributed by atoms with Gasteiger partial charge in [0, 0.05) is 7.05 Å². The Morgan fingerprint density at radius 2 is 1.73 bits per heavy atom. The van der Waals surface area contributed by atoms with Gasteiger partial charge in [-0.2, -0.15) is 0 Å². The number of nitrogens with zero attached hydrogens (tertiary/aromatic N) is 2. The quantitative estimate of drug-likeness (QED) is 0.636. The Balaban J connectivity index is 2.39. The number of hydrogen-bond acceptors (Lipinski definition) is 3. The lowest BCUT2D eigenvalue weighted by atomic mass is 10.2. The van der Waals surface area contributed by atoms with Crippen molar-refractivity contribution in [1.82, 2.24) is 5.01 Å². The van der Waals surface area contributed by atoms with Gasteiger partial charge < -0.3 is 0 Å². The van der Waals surface area contributed by atoms with Crippen LogP contribution in [0.2, 0.25) is 0 Å². The van der Waals surface area contributed by atoms with Crippen molar-refractivity contribution in [1.29, 1.82) is 0 Å². The van der Waals surface area contributed by atoms with Gasteiger partial charge in [0.2, 0.25) is 5.78 Å². The Morgan fingerprint density at radius 1 is 1.13 bits per heavy atom. The maximum atomic E-state index is 11.7. The predicted octanol–water partition coefficient (Wildman–Crippen LogP) is 0.838. The maximum absolute atomic E-state index is 11.7. The minimum atomic E-state index is -0.462. The number of rotatable bonds is 1. The van der Waals surface area contributed by atoms with Gasteiger partial charge in [-0.15, -0.1) is 0 Å². The molecule has 4 nitrogen and oxygen atoms in total. The normalized spacial score (nSPS) is 22.5. The van der Waals surface area contributed by atoms with Crippen molar-refractivity contribution in [3.63, 3.8) is 0 Å². The molecule has 0 N–H and O–H groups in total. The second-order valence-electron chi connectivity index (χ2n) is 3.57. The number of ketones is 1. The van der Waals surface area contributed by atoms with Gasteiger partial charge in [0.1, 0.15) is 0 Å². The van der Waals surface area contributed by atoms with E-state index < -0.39 is 5.91 Å². The van der Waals surface area contributed by atoms with E-state index in [2.05, 4.69) is 0 Å². The second-order valence-corrected chi connectivity index (χ2v) is 3.57. The molecule has 2 rings (SSSR count). The van der Waals surface area contributed by atoms with Gasteiger partial charge >= 0.3 is 5.91 Å². The van der Waals surface area contributed by atoms with Crippen molar-refractivity contribution in [3.8, 4) is 0 Å². The zero-order valence-corrected chi connectivity index (χ0v) is 8.68. The summed E-state index contributed by atoms with van der Waals surface area (Å²) in [7, 11) is 1.74. The van der Waals surface area contributed by atoms with Gasteiger partial charge in [-0.1, -0.05) is 18.2 Å². The molecule has 0 radical (unpaired) electrons. The zero-order valence-electron chi connectivity index (χ0n) is 8.68. The van der Waals surface area contributed by atoms with E-state index in [9.17, 15) is 9.59 Å². The molecule has 0 saturated carbocycles. The number of hydrazine groups is 1. The number of benzene rings is 1. The van der Waals surface area contributed by atoms with Crippen molar-refractivity contribution in [2.75, 3.05) is 12.1 Å². The first kappa shape index (κ1) is 9.86. The first-order valence-corrected chi connectivity index (χ1v) is 4.79. The summed E-state index contributed by atoms with van der Waals surface area (Å²) >= 11 is 0. The van der Waals surface area contributed by atoms with E-state index in [-0.39, 0.29) is 11.8 Å². The van der Waals surface area contributed by atoms with Crippen LogP contribution in [0, 0.1) is 0 Å². The molecule has 0 aliphatic carbocycles. The van der Waals surface area contributed by atoms with Crippen LogP contribution < -0.4 is 5.01 Å². The van der Waals surface area contributed by atoms with E-state index in [0.717, 1.165) is 5.69 Å². The fourth-order valence-electron chi connectivity index (χ4n) is 1.64. The Kier molecular flexibility index (Phi) is 2.28. The van der Waals surface area contributed by atoms with E-state index in [0.29, 0.717) is 0 Å². The fourth-order valence-corrected chi connectivity index (χ4v) is 1.64. The van der Waals surface area contributed by atoms with E-state index in [4.69, 9.17) is 0 Å². The third kappa shape index (κ3) is 1.43. The lowest BCUT2D eigenvalue weighted by Crippen LogP contribution is -2.38. The minimum absolute atomic E-state index is 0.360. The van der Waals surface area contributed by atoms with Gasteiger partial charge in [-0.05, 0) is 19.1 Å². The molecular formula is C11H12N2O2. The van der Waals surface area contributed by atoms with Crippen LogP contribution >= 0.6 is 0 Å². The molecule has 15 heavy (non-hydrogen) atoms. The molecule has 1 saturated heterocycles. The van der Waals surface area contributed by atoms with E-state index >= 15 is 0 Å². The van der Waals surface area contributed by atoms with Crippen LogP contribution in [0.3, 0.4) is 0 Å². The number of anilines is 1. The van der Waals surface area contributed by atoms with Crippen molar-refractivity contribution < 1.29 is 9.59 Å². The summed E-state index contributed by atoms with van der Waals surface area (Å²) in [4.78, 5) is 23.1. The molecule has 1 unspecified atom stereocenters. The van der Waals surface area contributed by atoms with Crippen LogP contribution in [-0.4, -0.2) is 29.8 Å². The van der Waals surface area contributed by atoms with Crippen molar-refractivity contribution in [2.24, 2.45) is 0 Å². The third-order valence-corrected chi connectivity index (χ3v) is 2.66. The highest BCUT2D eigenvalue weighted by Gasteiger charge is 2.41. The molecule has 1 atom stereocenters. The molecular weight excluding hydrogens is 192 g/mol. The van der Waals surface area contributed by atoms with E-state index in [1.54, 1.807) is 31.1 Å². The molecule has 1 aliphatic heterocycles. The summed E-state index contributed by atoms with van der Waals surface area (Å²) in [6, 6.07) is 8.78. The number of amides is 1. The average Bonchev–Trinajstić information content (AvgIpc) is 2.45. The molecule has 78 valence electrons. The largest absolute Gasteiger partial charge is 0.310 e. The van der Waals surface area contributed by atoms with Gasteiger partial charge in [0.05, 0.1) is 11.7 Å². The summed E-state index contributed by atoms with van der Waals surface area (Å²) in [6.45, 7) is 1.73. The average molecular weight is 204 g/mol. The Morgan fingerprint density at radius 3 is 2.20 bits per heavy atom. The maximum Gasteiger partial charge on any atom is 0.310 e. The topological polar surface area (TPSA) is 40.6 Å². The molecule has 1 aromatic rings. The Bertz CT molecular complexity index is 402. The summed E-state index contributed by atoms with van der Waals surface area (Å²) in [6.07, 6.45) is 0. The van der Waals surface area contributed by atoms with Gasteiger partial charge in [-0.3, -0.25) is 9.59 Å². The highest BCUT2D eigenvalue weighted by atomic mass is 16.2. The lowest BCUT2D eigenvalue weighted by molar-refractivity contribution is -0.134. The molecule has 0 bridgehead atoms. The van der Waals surface area contributed by atoms with Crippen molar-refractivity contribution in [3.05, 3.63) is 30.3 Å². The third-order valence-electron chi connectivity index (χ3n) is 2.66. The first-order valence-electron chi connectivity index (χ1n) is 4.79. The van der Waals surface area contributed by atoms with Crippen LogP contribution in [-0.2, 0) is 9.59 Å². The van der Waals surface area contributed by atoms with Crippen molar-refractivity contribution >= 4 is 17.4 Å². The summed E-state index contributed by atoms with van der Waals surface area (Å²) in [5.41, 5.74) is 0.725.